The lowest BCUT2D eigenvalue weighted by Gasteiger charge is -2.35. The van der Waals surface area contributed by atoms with E-state index in [4.69, 9.17) is 5.26 Å². The predicted molar refractivity (Wildman–Crippen MR) is 87.0 cm³/mol. The molecule has 1 saturated heterocycles. The monoisotopic (exact) mass is 335 g/mol. The Morgan fingerprint density at radius 3 is 2.80 bits per heavy atom. The molecule has 1 atom stereocenters. The normalized spacial score (nSPS) is 18.9. The van der Waals surface area contributed by atoms with Gasteiger partial charge >= 0.3 is 0 Å². The third-order valence-electron chi connectivity index (χ3n) is 3.86. The van der Waals surface area contributed by atoms with Crippen LogP contribution in [0, 0.1) is 11.3 Å². The van der Waals surface area contributed by atoms with Crippen molar-refractivity contribution >= 4 is 21.6 Å². The van der Waals surface area contributed by atoms with Crippen molar-refractivity contribution < 1.29 is 0 Å². The van der Waals surface area contributed by atoms with E-state index in [0.29, 0.717) is 17.6 Å². The summed E-state index contributed by atoms with van der Waals surface area (Å²) in [5.74, 6) is 0. The maximum absolute atomic E-state index is 9.01. The molecule has 0 radical (unpaired) electrons. The van der Waals surface area contributed by atoms with Crippen molar-refractivity contribution in [1.82, 2.24) is 5.32 Å². The first-order valence-electron chi connectivity index (χ1n) is 7.31. The molecule has 108 valence electrons. The molecule has 0 aromatic heterocycles. The van der Waals surface area contributed by atoms with Gasteiger partial charge in [-0.25, -0.2) is 0 Å². The smallest absolute Gasteiger partial charge is 0.100 e. The van der Waals surface area contributed by atoms with Gasteiger partial charge in [0.25, 0.3) is 0 Å². The second kappa shape index (κ2) is 7.10. The number of anilines is 1. The standard InChI is InChI=1S/C16H22BrN3/c1-12(2)20(11-14-5-3-4-8-19-14)15-7-6-13(10-18)16(17)9-15/h6-7,9,12,14,19H,3-5,8,11H2,1-2H3. The number of nitrogens with one attached hydrogen (secondary N) is 1. The highest BCUT2D eigenvalue weighted by Crippen LogP contribution is 2.26. The van der Waals surface area contributed by atoms with Crippen LogP contribution in [0.15, 0.2) is 22.7 Å². The minimum Gasteiger partial charge on any atom is -0.368 e. The van der Waals surface area contributed by atoms with E-state index in [1.54, 1.807) is 0 Å². The topological polar surface area (TPSA) is 39.1 Å². The van der Waals surface area contributed by atoms with Crippen molar-refractivity contribution in [3.8, 4) is 6.07 Å². The Labute approximate surface area is 130 Å². The summed E-state index contributed by atoms with van der Waals surface area (Å²) in [4.78, 5) is 2.41. The van der Waals surface area contributed by atoms with E-state index in [-0.39, 0.29) is 0 Å². The van der Waals surface area contributed by atoms with Gasteiger partial charge < -0.3 is 10.2 Å². The maximum Gasteiger partial charge on any atom is 0.100 e. The summed E-state index contributed by atoms with van der Waals surface area (Å²) in [5, 5.41) is 12.6. The van der Waals surface area contributed by atoms with E-state index in [0.717, 1.165) is 17.6 Å². The third kappa shape index (κ3) is 3.74. The molecule has 1 aliphatic heterocycles. The second-order valence-electron chi connectivity index (χ2n) is 5.67. The van der Waals surface area contributed by atoms with Crippen molar-refractivity contribution in [2.24, 2.45) is 0 Å². The highest BCUT2D eigenvalue weighted by molar-refractivity contribution is 9.10. The zero-order valence-electron chi connectivity index (χ0n) is 12.2. The summed E-state index contributed by atoms with van der Waals surface area (Å²) in [5.41, 5.74) is 1.87. The van der Waals surface area contributed by atoms with Gasteiger partial charge in [0.05, 0.1) is 5.56 Å². The molecule has 0 bridgehead atoms. The first kappa shape index (κ1) is 15.3. The van der Waals surface area contributed by atoms with Crippen molar-refractivity contribution in [1.29, 1.82) is 5.26 Å². The van der Waals surface area contributed by atoms with Gasteiger partial charge in [0.15, 0.2) is 0 Å². The van der Waals surface area contributed by atoms with Crippen LogP contribution in [0.25, 0.3) is 0 Å². The summed E-state index contributed by atoms with van der Waals surface area (Å²) in [6, 6.07) is 9.20. The van der Waals surface area contributed by atoms with Crippen LogP contribution in [0.5, 0.6) is 0 Å². The number of halogens is 1. The first-order chi connectivity index (χ1) is 9.61. The molecule has 1 aliphatic rings. The van der Waals surface area contributed by atoms with Crippen LogP contribution in [0.1, 0.15) is 38.7 Å². The van der Waals surface area contributed by atoms with E-state index in [2.05, 4.69) is 52.1 Å². The highest BCUT2D eigenvalue weighted by atomic mass is 79.9. The highest BCUT2D eigenvalue weighted by Gasteiger charge is 2.19. The van der Waals surface area contributed by atoms with Crippen LogP contribution in [-0.4, -0.2) is 25.2 Å². The van der Waals surface area contributed by atoms with Gasteiger partial charge in [-0.2, -0.15) is 5.26 Å². The fourth-order valence-corrected chi connectivity index (χ4v) is 3.16. The molecule has 3 nitrogen and oxygen atoms in total. The van der Waals surface area contributed by atoms with E-state index in [1.165, 1.54) is 24.9 Å². The SMILES string of the molecule is CC(C)N(CC1CCCCN1)c1ccc(C#N)c(Br)c1. The molecule has 0 saturated carbocycles. The molecule has 1 fully saturated rings. The van der Waals surface area contributed by atoms with Gasteiger partial charge in [0.2, 0.25) is 0 Å². The average molecular weight is 336 g/mol. The molecule has 2 rings (SSSR count). The number of rotatable bonds is 4. The van der Waals surface area contributed by atoms with E-state index >= 15 is 0 Å². The summed E-state index contributed by atoms with van der Waals surface area (Å²) in [6.07, 6.45) is 3.86. The summed E-state index contributed by atoms with van der Waals surface area (Å²) in [6.45, 7) is 6.59. The lowest BCUT2D eigenvalue weighted by atomic mass is 10.0. The Balaban J connectivity index is 2.15. The fourth-order valence-electron chi connectivity index (χ4n) is 2.70. The number of hydrogen-bond acceptors (Lipinski definition) is 3. The van der Waals surface area contributed by atoms with Crippen molar-refractivity contribution in [2.45, 2.75) is 45.2 Å². The van der Waals surface area contributed by atoms with Crippen molar-refractivity contribution in [3.63, 3.8) is 0 Å². The van der Waals surface area contributed by atoms with Crippen LogP contribution < -0.4 is 10.2 Å². The second-order valence-corrected chi connectivity index (χ2v) is 6.52. The van der Waals surface area contributed by atoms with E-state index in [9.17, 15) is 0 Å². The zero-order valence-corrected chi connectivity index (χ0v) is 13.8. The van der Waals surface area contributed by atoms with Gasteiger partial charge in [-0.05, 0) is 67.4 Å². The first-order valence-corrected chi connectivity index (χ1v) is 8.11. The van der Waals surface area contributed by atoms with Crippen LogP contribution in [0.4, 0.5) is 5.69 Å². The third-order valence-corrected chi connectivity index (χ3v) is 4.51. The predicted octanol–water partition coefficient (Wildman–Crippen LogP) is 3.68. The Hall–Kier alpha value is -1.05. The average Bonchev–Trinajstić information content (AvgIpc) is 2.45. The molecule has 0 spiro atoms. The Kier molecular flexibility index (Phi) is 5.45. The van der Waals surface area contributed by atoms with Gasteiger partial charge in [-0.1, -0.05) is 6.42 Å². The molecule has 20 heavy (non-hydrogen) atoms. The van der Waals surface area contributed by atoms with Crippen molar-refractivity contribution in [3.05, 3.63) is 28.2 Å². The van der Waals surface area contributed by atoms with Crippen LogP contribution >= 0.6 is 15.9 Å². The minimum absolute atomic E-state index is 0.443. The van der Waals surface area contributed by atoms with Crippen LogP contribution in [0.2, 0.25) is 0 Å². The molecule has 1 unspecified atom stereocenters. The quantitative estimate of drug-likeness (QED) is 0.912. The fraction of sp³-hybridized carbons (Fsp3) is 0.562. The molecule has 0 aliphatic carbocycles. The lowest BCUT2D eigenvalue weighted by molar-refractivity contribution is 0.393. The van der Waals surface area contributed by atoms with Gasteiger partial charge in [0, 0.05) is 28.8 Å². The Morgan fingerprint density at radius 2 is 2.25 bits per heavy atom. The van der Waals surface area contributed by atoms with Crippen LogP contribution in [0.3, 0.4) is 0 Å². The molecule has 1 heterocycles. The number of nitriles is 1. The molecule has 1 N–H and O–H groups in total. The largest absolute Gasteiger partial charge is 0.368 e. The van der Waals surface area contributed by atoms with E-state index < -0.39 is 0 Å². The minimum atomic E-state index is 0.443. The summed E-state index contributed by atoms with van der Waals surface area (Å²) >= 11 is 3.49. The van der Waals surface area contributed by atoms with Gasteiger partial charge in [0.1, 0.15) is 6.07 Å². The number of piperidine rings is 1. The van der Waals surface area contributed by atoms with Crippen molar-refractivity contribution in [2.75, 3.05) is 18.0 Å². The number of nitrogens with zero attached hydrogens (tertiary/aromatic N) is 2. The van der Waals surface area contributed by atoms with Crippen LogP contribution in [-0.2, 0) is 0 Å². The molecular weight excluding hydrogens is 314 g/mol. The molecule has 4 heteroatoms. The molecular formula is C16H22BrN3. The summed E-state index contributed by atoms with van der Waals surface area (Å²) in [7, 11) is 0. The maximum atomic E-state index is 9.01. The molecule has 0 amide bonds. The molecule has 1 aromatic carbocycles. The summed E-state index contributed by atoms with van der Waals surface area (Å²) < 4.78 is 0.875. The number of benzene rings is 1. The Bertz CT molecular complexity index is 487. The zero-order chi connectivity index (χ0) is 14.5. The Morgan fingerprint density at radius 1 is 1.45 bits per heavy atom. The van der Waals surface area contributed by atoms with Gasteiger partial charge in [-0.15, -0.1) is 0 Å². The van der Waals surface area contributed by atoms with E-state index in [1.807, 2.05) is 12.1 Å². The van der Waals surface area contributed by atoms with Gasteiger partial charge in [-0.3, -0.25) is 0 Å². The lowest BCUT2D eigenvalue weighted by Crippen LogP contribution is -2.46. The number of hydrogen-bond donors (Lipinski definition) is 1. The molecule has 1 aromatic rings.